The number of H-pyrrole nitrogens is 1. The number of amides is 1. The first-order chi connectivity index (χ1) is 12.6. The molecule has 2 atom stereocenters. The van der Waals surface area contributed by atoms with Gasteiger partial charge in [-0.15, -0.1) is 0 Å². The molecule has 2 aromatic rings. The first kappa shape index (κ1) is 17.0. The number of rotatable bonds is 3. The Labute approximate surface area is 151 Å². The van der Waals surface area contributed by atoms with E-state index in [-0.39, 0.29) is 24.4 Å². The highest BCUT2D eigenvalue weighted by Crippen LogP contribution is 2.27. The zero-order valence-corrected chi connectivity index (χ0v) is 14.7. The van der Waals surface area contributed by atoms with Crippen LogP contribution in [0.3, 0.4) is 0 Å². The fourth-order valence-corrected chi connectivity index (χ4v) is 4.30. The van der Waals surface area contributed by atoms with Crippen LogP contribution in [0.2, 0.25) is 0 Å². The van der Waals surface area contributed by atoms with E-state index in [1.807, 2.05) is 4.90 Å². The average molecular weight is 356 g/mol. The number of carbonyl (C=O) groups excluding carboxylic acids is 1. The molecule has 1 aromatic carbocycles. The molecule has 0 radical (unpaired) electrons. The topological polar surface area (TPSA) is 87.2 Å². The molecule has 4 rings (SSSR count). The fourth-order valence-electron chi connectivity index (χ4n) is 4.30. The Balaban J connectivity index is 1.47. The highest BCUT2D eigenvalue weighted by Gasteiger charge is 2.31. The summed E-state index contributed by atoms with van der Waals surface area (Å²) in [5.41, 5.74) is -0.274. The Kier molecular flexibility index (Phi) is 4.63. The Morgan fingerprint density at radius 1 is 1.08 bits per heavy atom. The molecule has 0 spiro atoms. The minimum atomic E-state index is -0.460. The largest absolute Gasteiger partial charge is 0.343 e. The van der Waals surface area contributed by atoms with E-state index in [0.29, 0.717) is 22.7 Å². The Hall–Kier alpha value is -2.41. The van der Waals surface area contributed by atoms with Gasteiger partial charge in [-0.2, -0.15) is 0 Å². The van der Waals surface area contributed by atoms with Crippen molar-refractivity contribution in [3.8, 4) is 0 Å². The zero-order valence-electron chi connectivity index (χ0n) is 14.7. The molecule has 2 aliphatic rings. The number of benzene rings is 1. The lowest BCUT2D eigenvalue weighted by atomic mass is 9.92. The molecule has 1 aromatic heterocycles. The van der Waals surface area contributed by atoms with Crippen LogP contribution in [0.1, 0.15) is 19.3 Å². The van der Waals surface area contributed by atoms with Gasteiger partial charge in [0.2, 0.25) is 5.91 Å². The summed E-state index contributed by atoms with van der Waals surface area (Å²) in [6, 6.07) is 6.99. The number of aromatic nitrogens is 2. The quantitative estimate of drug-likeness (QED) is 0.840. The molecule has 0 unspecified atom stereocenters. The lowest BCUT2D eigenvalue weighted by molar-refractivity contribution is -0.131. The van der Waals surface area contributed by atoms with Crippen LogP contribution in [-0.2, 0) is 11.3 Å². The van der Waals surface area contributed by atoms with Crippen molar-refractivity contribution in [2.45, 2.75) is 25.8 Å². The third-order valence-electron chi connectivity index (χ3n) is 5.83. The maximum Gasteiger partial charge on any atom is 0.328 e. The predicted molar refractivity (Wildman–Crippen MR) is 99.1 cm³/mol. The lowest BCUT2D eigenvalue weighted by Gasteiger charge is -2.21. The third-order valence-corrected chi connectivity index (χ3v) is 5.83. The smallest absolute Gasteiger partial charge is 0.328 e. The Morgan fingerprint density at radius 2 is 1.77 bits per heavy atom. The number of hydrogen-bond donors (Lipinski definition) is 2. The molecule has 3 heterocycles. The van der Waals surface area contributed by atoms with Gasteiger partial charge < -0.3 is 10.2 Å². The van der Waals surface area contributed by atoms with Crippen molar-refractivity contribution >= 4 is 16.8 Å². The number of aromatic amines is 1. The molecule has 0 saturated carbocycles. The lowest BCUT2D eigenvalue weighted by Crippen LogP contribution is -2.35. The molecule has 2 N–H and O–H groups in total. The van der Waals surface area contributed by atoms with Crippen LogP contribution < -0.4 is 16.6 Å². The van der Waals surface area contributed by atoms with Crippen LogP contribution in [0.4, 0.5) is 0 Å². The molecule has 26 heavy (non-hydrogen) atoms. The summed E-state index contributed by atoms with van der Waals surface area (Å²) in [5.74, 6) is 1.44. The van der Waals surface area contributed by atoms with E-state index in [9.17, 15) is 14.4 Å². The van der Waals surface area contributed by atoms with Crippen molar-refractivity contribution in [3.63, 3.8) is 0 Å². The highest BCUT2D eigenvalue weighted by molar-refractivity contribution is 5.79. The molecule has 0 bridgehead atoms. The standard InChI is InChI=1S/C19H24N4O3/c24-17(22-8-5-13-11-20-12-14(13)6-9-22)7-10-23-16-4-2-1-3-15(16)18(25)21-19(23)26/h1-4,13-14,20H,5-12H2,(H,21,25,26)/t13-,14+. The van der Waals surface area contributed by atoms with Gasteiger partial charge in [0.05, 0.1) is 10.9 Å². The maximum atomic E-state index is 12.7. The maximum absolute atomic E-state index is 12.7. The minimum Gasteiger partial charge on any atom is -0.343 e. The van der Waals surface area contributed by atoms with Gasteiger partial charge in [-0.25, -0.2) is 4.79 Å². The Bertz CT molecular complexity index is 918. The normalized spacial score (nSPS) is 23.0. The van der Waals surface area contributed by atoms with Gasteiger partial charge in [0, 0.05) is 26.1 Å². The van der Waals surface area contributed by atoms with Crippen LogP contribution in [0.15, 0.2) is 33.9 Å². The molecular weight excluding hydrogens is 332 g/mol. The van der Waals surface area contributed by atoms with Crippen LogP contribution >= 0.6 is 0 Å². The van der Waals surface area contributed by atoms with E-state index in [1.165, 1.54) is 4.57 Å². The number of nitrogens with zero attached hydrogens (tertiary/aromatic N) is 2. The summed E-state index contributed by atoms with van der Waals surface area (Å²) in [6.45, 7) is 3.99. The molecule has 2 saturated heterocycles. The summed E-state index contributed by atoms with van der Waals surface area (Å²) < 4.78 is 1.49. The summed E-state index contributed by atoms with van der Waals surface area (Å²) in [6.07, 6.45) is 2.36. The van der Waals surface area contributed by atoms with E-state index in [4.69, 9.17) is 0 Å². The molecule has 7 heteroatoms. The Morgan fingerprint density at radius 3 is 2.50 bits per heavy atom. The second kappa shape index (κ2) is 7.07. The van der Waals surface area contributed by atoms with Gasteiger partial charge in [-0.1, -0.05) is 12.1 Å². The van der Waals surface area contributed by atoms with Gasteiger partial charge in [-0.3, -0.25) is 19.1 Å². The van der Waals surface area contributed by atoms with Crippen LogP contribution in [-0.4, -0.2) is 46.5 Å². The first-order valence-corrected chi connectivity index (χ1v) is 9.34. The van der Waals surface area contributed by atoms with Crippen LogP contribution in [0.25, 0.3) is 10.9 Å². The van der Waals surface area contributed by atoms with E-state index >= 15 is 0 Å². The van der Waals surface area contributed by atoms with Gasteiger partial charge in [0.25, 0.3) is 5.56 Å². The third kappa shape index (κ3) is 3.19. The summed E-state index contributed by atoms with van der Waals surface area (Å²) in [5, 5.41) is 3.91. The van der Waals surface area contributed by atoms with E-state index in [0.717, 1.165) is 39.0 Å². The molecule has 2 aliphatic heterocycles. The zero-order chi connectivity index (χ0) is 18.1. The van der Waals surface area contributed by atoms with Crippen molar-refractivity contribution < 1.29 is 4.79 Å². The van der Waals surface area contributed by atoms with Crippen molar-refractivity contribution in [2.75, 3.05) is 26.2 Å². The second-order valence-corrected chi connectivity index (χ2v) is 7.31. The SMILES string of the molecule is O=C(CCn1c(=O)[nH]c(=O)c2ccccc21)N1CC[C@@H]2CNC[C@@H]2CC1. The number of likely N-dealkylation sites (tertiary alicyclic amines) is 1. The monoisotopic (exact) mass is 356 g/mol. The number of carbonyl (C=O) groups is 1. The highest BCUT2D eigenvalue weighted by atomic mass is 16.2. The van der Waals surface area contributed by atoms with Crippen LogP contribution in [0, 0.1) is 11.8 Å². The van der Waals surface area contributed by atoms with E-state index < -0.39 is 5.69 Å². The molecular formula is C19H24N4O3. The first-order valence-electron chi connectivity index (χ1n) is 9.34. The van der Waals surface area contributed by atoms with Crippen molar-refractivity contribution in [1.29, 1.82) is 0 Å². The van der Waals surface area contributed by atoms with Crippen molar-refractivity contribution in [3.05, 3.63) is 45.1 Å². The van der Waals surface area contributed by atoms with Gasteiger partial charge in [-0.05, 0) is 49.9 Å². The van der Waals surface area contributed by atoms with Gasteiger partial charge in [0.1, 0.15) is 0 Å². The predicted octanol–water partition coefficient (Wildman–Crippen LogP) is 0.538. The minimum absolute atomic E-state index is 0.0834. The molecule has 7 nitrogen and oxygen atoms in total. The number of fused-ring (bicyclic) bond motifs is 2. The molecule has 2 fully saturated rings. The number of hydrogen-bond acceptors (Lipinski definition) is 4. The van der Waals surface area contributed by atoms with E-state index in [1.54, 1.807) is 24.3 Å². The molecule has 0 aliphatic carbocycles. The van der Waals surface area contributed by atoms with Gasteiger partial charge in [0.15, 0.2) is 0 Å². The number of nitrogens with one attached hydrogen (secondary N) is 2. The average Bonchev–Trinajstić information content (AvgIpc) is 2.99. The van der Waals surface area contributed by atoms with E-state index in [2.05, 4.69) is 10.3 Å². The van der Waals surface area contributed by atoms with Crippen molar-refractivity contribution in [2.24, 2.45) is 11.8 Å². The summed E-state index contributed by atoms with van der Waals surface area (Å²) >= 11 is 0. The molecule has 138 valence electrons. The molecule has 1 amide bonds. The van der Waals surface area contributed by atoms with Crippen LogP contribution in [0.5, 0.6) is 0 Å². The fraction of sp³-hybridized carbons (Fsp3) is 0.526. The number of para-hydroxylation sites is 1. The number of aryl methyl sites for hydroxylation is 1. The van der Waals surface area contributed by atoms with Crippen molar-refractivity contribution in [1.82, 2.24) is 19.8 Å². The summed E-state index contributed by atoms with van der Waals surface area (Å²) in [7, 11) is 0. The van der Waals surface area contributed by atoms with Gasteiger partial charge >= 0.3 is 5.69 Å². The second-order valence-electron chi connectivity index (χ2n) is 7.31. The summed E-state index contributed by atoms with van der Waals surface area (Å²) in [4.78, 5) is 41.1.